The molecule has 0 saturated carbocycles. The zero-order valence-corrected chi connectivity index (χ0v) is 9.23. The minimum absolute atomic E-state index is 0.0214. The Kier molecular flexibility index (Phi) is 2.36. The summed E-state index contributed by atoms with van der Waals surface area (Å²) in [6.07, 6.45) is 3.10. The average Bonchev–Trinajstić information content (AvgIpc) is 2.63. The van der Waals surface area contributed by atoms with Crippen LogP contribution in [0.15, 0.2) is 12.4 Å². The first kappa shape index (κ1) is 10.3. The minimum atomic E-state index is -0.482. The van der Waals surface area contributed by atoms with E-state index in [-0.39, 0.29) is 6.61 Å². The van der Waals surface area contributed by atoms with Gasteiger partial charge in [-0.05, 0) is 0 Å². The maximum absolute atomic E-state index is 9.28. The molecule has 0 aliphatic carbocycles. The maximum atomic E-state index is 9.28. The van der Waals surface area contributed by atoms with Gasteiger partial charge in [0, 0.05) is 5.41 Å². The Morgan fingerprint density at radius 3 is 2.80 bits per heavy atom. The van der Waals surface area contributed by atoms with Gasteiger partial charge >= 0.3 is 0 Å². The third-order valence-electron chi connectivity index (χ3n) is 2.27. The zero-order valence-electron chi connectivity index (χ0n) is 8.48. The molecule has 0 unspecified atom stereocenters. The molecule has 0 spiro atoms. The molecular weight excluding hydrogens is 216 g/mol. The predicted octanol–water partition coefficient (Wildman–Crippen LogP) is 1.05. The van der Waals surface area contributed by atoms with Gasteiger partial charge in [0.25, 0.3) is 0 Å². The molecule has 0 bridgehead atoms. The second-order valence-corrected chi connectivity index (χ2v) is 4.38. The standard InChI is InChI=1S/C9H11ClN4O/c1-9(2,5-15)8-13-12-7-4-11-3-6(10)14(7)8/h3-4,15H,5H2,1-2H3. The van der Waals surface area contributed by atoms with Gasteiger partial charge < -0.3 is 5.11 Å². The van der Waals surface area contributed by atoms with E-state index in [1.165, 1.54) is 6.20 Å². The van der Waals surface area contributed by atoms with Crippen LogP contribution >= 0.6 is 11.6 Å². The molecule has 0 radical (unpaired) electrons. The van der Waals surface area contributed by atoms with Crippen molar-refractivity contribution in [2.75, 3.05) is 6.61 Å². The van der Waals surface area contributed by atoms with Crippen molar-refractivity contribution < 1.29 is 5.11 Å². The number of fused-ring (bicyclic) bond motifs is 1. The molecule has 0 fully saturated rings. The summed E-state index contributed by atoms with van der Waals surface area (Å²) in [5, 5.41) is 17.7. The summed E-state index contributed by atoms with van der Waals surface area (Å²) in [6, 6.07) is 0. The summed E-state index contributed by atoms with van der Waals surface area (Å²) < 4.78 is 1.69. The first-order chi connectivity index (χ1) is 7.06. The number of aliphatic hydroxyl groups is 1. The molecule has 0 atom stereocenters. The maximum Gasteiger partial charge on any atom is 0.180 e. The van der Waals surface area contributed by atoms with Crippen LogP contribution in [-0.4, -0.2) is 31.3 Å². The van der Waals surface area contributed by atoms with Crippen LogP contribution in [0.25, 0.3) is 5.65 Å². The molecule has 0 amide bonds. The van der Waals surface area contributed by atoms with Gasteiger partial charge in [-0.3, -0.25) is 9.38 Å². The Bertz CT molecular complexity index is 494. The number of hydrogen-bond donors (Lipinski definition) is 1. The van der Waals surface area contributed by atoms with Crippen LogP contribution in [0.2, 0.25) is 5.15 Å². The number of halogens is 1. The van der Waals surface area contributed by atoms with E-state index in [1.54, 1.807) is 10.6 Å². The lowest BCUT2D eigenvalue weighted by molar-refractivity contribution is 0.211. The summed E-state index contributed by atoms with van der Waals surface area (Å²) in [5.41, 5.74) is 0.101. The van der Waals surface area contributed by atoms with Crippen LogP contribution in [-0.2, 0) is 5.41 Å². The molecule has 0 saturated heterocycles. The van der Waals surface area contributed by atoms with Crippen molar-refractivity contribution in [1.29, 1.82) is 0 Å². The van der Waals surface area contributed by atoms with E-state index in [1.807, 2.05) is 13.8 Å². The van der Waals surface area contributed by atoms with E-state index in [0.29, 0.717) is 16.6 Å². The van der Waals surface area contributed by atoms with Gasteiger partial charge in [0.1, 0.15) is 11.0 Å². The number of aliphatic hydroxyl groups excluding tert-OH is 1. The van der Waals surface area contributed by atoms with Crippen molar-refractivity contribution >= 4 is 17.2 Å². The Labute approximate surface area is 91.7 Å². The van der Waals surface area contributed by atoms with Crippen molar-refractivity contribution in [1.82, 2.24) is 19.6 Å². The molecular formula is C9H11ClN4O. The summed E-state index contributed by atoms with van der Waals surface area (Å²) in [5.74, 6) is 0.632. The fourth-order valence-corrected chi connectivity index (χ4v) is 1.55. The summed E-state index contributed by atoms with van der Waals surface area (Å²) in [4.78, 5) is 3.92. The fraction of sp³-hybridized carbons (Fsp3) is 0.444. The highest BCUT2D eigenvalue weighted by Gasteiger charge is 2.26. The Hall–Kier alpha value is -1.20. The van der Waals surface area contributed by atoms with E-state index < -0.39 is 5.41 Å². The SMILES string of the molecule is CC(C)(CO)c1nnc2cncc(Cl)n12. The second-order valence-electron chi connectivity index (χ2n) is 3.99. The zero-order chi connectivity index (χ0) is 11.1. The van der Waals surface area contributed by atoms with Crippen LogP contribution in [0, 0.1) is 0 Å². The fourth-order valence-electron chi connectivity index (χ4n) is 1.32. The molecule has 2 heterocycles. The van der Waals surface area contributed by atoms with Crippen molar-refractivity contribution in [3.63, 3.8) is 0 Å². The first-order valence-electron chi connectivity index (χ1n) is 4.52. The highest BCUT2D eigenvalue weighted by molar-refractivity contribution is 6.29. The van der Waals surface area contributed by atoms with Gasteiger partial charge in [0.05, 0.1) is 19.0 Å². The smallest absolute Gasteiger partial charge is 0.180 e. The molecule has 2 aromatic rings. The summed E-state index contributed by atoms with van der Waals surface area (Å²) in [6.45, 7) is 3.73. The van der Waals surface area contributed by atoms with Crippen molar-refractivity contribution in [3.8, 4) is 0 Å². The third kappa shape index (κ3) is 1.57. The number of aromatic nitrogens is 4. The Morgan fingerprint density at radius 2 is 2.13 bits per heavy atom. The summed E-state index contributed by atoms with van der Waals surface area (Å²) in [7, 11) is 0. The molecule has 2 aromatic heterocycles. The second kappa shape index (κ2) is 3.43. The number of hydrogen-bond acceptors (Lipinski definition) is 4. The summed E-state index contributed by atoms with van der Waals surface area (Å²) >= 11 is 6.01. The van der Waals surface area contributed by atoms with E-state index in [9.17, 15) is 5.11 Å². The molecule has 5 nitrogen and oxygen atoms in total. The predicted molar refractivity (Wildman–Crippen MR) is 55.9 cm³/mol. The monoisotopic (exact) mass is 226 g/mol. The highest BCUT2D eigenvalue weighted by atomic mass is 35.5. The molecule has 0 aromatic carbocycles. The first-order valence-corrected chi connectivity index (χ1v) is 4.90. The lowest BCUT2D eigenvalue weighted by Gasteiger charge is -2.19. The molecule has 0 aliphatic heterocycles. The molecule has 1 N–H and O–H groups in total. The van der Waals surface area contributed by atoms with Crippen LogP contribution in [0.3, 0.4) is 0 Å². The molecule has 6 heteroatoms. The van der Waals surface area contributed by atoms with Crippen LogP contribution in [0.4, 0.5) is 0 Å². The highest BCUT2D eigenvalue weighted by Crippen LogP contribution is 2.23. The topological polar surface area (TPSA) is 63.3 Å². The van der Waals surface area contributed by atoms with Gasteiger partial charge in [-0.2, -0.15) is 0 Å². The third-order valence-corrected chi connectivity index (χ3v) is 2.54. The van der Waals surface area contributed by atoms with Gasteiger partial charge in [0.15, 0.2) is 5.65 Å². The molecule has 0 aliphatic rings. The van der Waals surface area contributed by atoms with Gasteiger partial charge in [-0.25, -0.2) is 0 Å². The lowest BCUT2D eigenvalue weighted by atomic mass is 9.94. The van der Waals surface area contributed by atoms with Crippen molar-refractivity contribution in [2.24, 2.45) is 0 Å². The quantitative estimate of drug-likeness (QED) is 0.832. The van der Waals surface area contributed by atoms with Gasteiger partial charge in [-0.1, -0.05) is 25.4 Å². The van der Waals surface area contributed by atoms with Crippen molar-refractivity contribution in [3.05, 3.63) is 23.4 Å². The number of nitrogens with zero attached hydrogens (tertiary/aromatic N) is 4. The Balaban J connectivity index is 2.73. The minimum Gasteiger partial charge on any atom is -0.395 e. The van der Waals surface area contributed by atoms with E-state index >= 15 is 0 Å². The normalized spacial score (nSPS) is 12.3. The van der Waals surface area contributed by atoms with Crippen LogP contribution < -0.4 is 0 Å². The lowest BCUT2D eigenvalue weighted by Crippen LogP contribution is -2.25. The Morgan fingerprint density at radius 1 is 1.40 bits per heavy atom. The number of rotatable bonds is 2. The van der Waals surface area contributed by atoms with E-state index in [2.05, 4.69) is 15.2 Å². The van der Waals surface area contributed by atoms with Gasteiger partial charge in [0.2, 0.25) is 0 Å². The molecule has 15 heavy (non-hydrogen) atoms. The van der Waals surface area contributed by atoms with Crippen LogP contribution in [0.1, 0.15) is 19.7 Å². The largest absolute Gasteiger partial charge is 0.395 e. The molecule has 2 rings (SSSR count). The van der Waals surface area contributed by atoms with Crippen LogP contribution in [0.5, 0.6) is 0 Å². The van der Waals surface area contributed by atoms with E-state index in [4.69, 9.17) is 11.6 Å². The van der Waals surface area contributed by atoms with Gasteiger partial charge in [-0.15, -0.1) is 10.2 Å². The van der Waals surface area contributed by atoms with E-state index in [0.717, 1.165) is 0 Å². The van der Waals surface area contributed by atoms with Crippen molar-refractivity contribution in [2.45, 2.75) is 19.3 Å². The average molecular weight is 227 g/mol. The molecule has 80 valence electrons.